The third-order valence-electron chi connectivity index (χ3n) is 7.17. The Morgan fingerprint density at radius 3 is 2.86 bits per heavy atom. The smallest absolute Gasteiger partial charge is 0.316 e. The molecule has 0 radical (unpaired) electrons. The number of carbonyl (C=O) groups excluding carboxylic acids is 1. The van der Waals surface area contributed by atoms with Crippen molar-refractivity contribution in [1.82, 2.24) is 19.9 Å². The molecule has 0 aliphatic carbocycles. The van der Waals surface area contributed by atoms with Crippen molar-refractivity contribution in [2.45, 2.75) is 70.3 Å². The Labute approximate surface area is 206 Å². The van der Waals surface area contributed by atoms with Gasteiger partial charge in [-0.25, -0.2) is 15.0 Å². The minimum absolute atomic E-state index is 0.00441. The predicted molar refractivity (Wildman–Crippen MR) is 131 cm³/mol. The fourth-order valence-electron chi connectivity index (χ4n) is 5.24. The Balaban J connectivity index is 1.29. The van der Waals surface area contributed by atoms with Crippen LogP contribution in [0.3, 0.4) is 0 Å². The average Bonchev–Trinajstić information content (AvgIpc) is 3.14. The molecule has 1 saturated heterocycles. The molecule has 35 heavy (non-hydrogen) atoms. The van der Waals surface area contributed by atoms with Crippen molar-refractivity contribution < 1.29 is 19.4 Å². The molecule has 9 nitrogen and oxygen atoms in total. The minimum Gasteiger partial charge on any atom is -0.481 e. The zero-order valence-corrected chi connectivity index (χ0v) is 20.6. The monoisotopic (exact) mass is 481 g/mol. The molecule has 0 aromatic carbocycles. The number of aromatic nitrogens is 3. The fourth-order valence-corrected chi connectivity index (χ4v) is 5.24. The molecule has 1 amide bonds. The third kappa shape index (κ3) is 6.26. The first-order valence-corrected chi connectivity index (χ1v) is 12.6. The molecule has 0 saturated carbocycles. The predicted octanol–water partition coefficient (Wildman–Crippen LogP) is 3.45. The van der Waals surface area contributed by atoms with Crippen LogP contribution in [0.4, 0.5) is 5.82 Å². The number of nitrogens with one attached hydrogen (secondary N) is 1. The van der Waals surface area contributed by atoms with E-state index in [1.54, 1.807) is 12.4 Å². The topological polar surface area (TPSA) is 118 Å². The van der Waals surface area contributed by atoms with E-state index in [2.05, 4.69) is 34.3 Å². The van der Waals surface area contributed by atoms with Crippen molar-refractivity contribution in [2.24, 2.45) is 5.92 Å². The molecule has 3 atom stereocenters. The van der Waals surface area contributed by atoms with E-state index in [1.165, 1.54) is 12.7 Å². The van der Waals surface area contributed by atoms with Crippen LogP contribution in [0, 0.1) is 5.92 Å². The number of methoxy groups -OCH3 is 1. The first-order chi connectivity index (χ1) is 16.9. The molecule has 188 valence electrons. The number of nitrogens with zero attached hydrogens (tertiary/aromatic N) is 4. The number of amides is 1. The molecule has 4 rings (SSSR count). The number of likely N-dealkylation sites (tertiary alicyclic amines) is 1. The molecule has 0 spiro atoms. The van der Waals surface area contributed by atoms with Crippen LogP contribution >= 0.6 is 0 Å². The Hall–Kier alpha value is -3.23. The lowest BCUT2D eigenvalue weighted by atomic mass is 9.93. The van der Waals surface area contributed by atoms with E-state index < -0.39 is 5.97 Å². The van der Waals surface area contributed by atoms with Gasteiger partial charge in [0.1, 0.15) is 5.82 Å². The number of carboxylic acids is 1. The fraction of sp³-hybridized carbons (Fsp3) is 0.577. The summed E-state index contributed by atoms with van der Waals surface area (Å²) in [4.78, 5) is 39.5. The molecule has 4 heterocycles. The van der Waals surface area contributed by atoms with Gasteiger partial charge in [0.05, 0.1) is 13.5 Å². The van der Waals surface area contributed by atoms with Gasteiger partial charge in [-0.15, -0.1) is 0 Å². The van der Waals surface area contributed by atoms with Crippen molar-refractivity contribution in [2.75, 3.05) is 25.5 Å². The number of pyridine rings is 1. The van der Waals surface area contributed by atoms with E-state index >= 15 is 0 Å². The lowest BCUT2D eigenvalue weighted by molar-refractivity contribution is -0.137. The van der Waals surface area contributed by atoms with E-state index in [0.717, 1.165) is 62.1 Å². The van der Waals surface area contributed by atoms with Crippen molar-refractivity contribution in [1.29, 1.82) is 0 Å². The molecule has 2 aromatic rings. The first-order valence-electron chi connectivity index (χ1n) is 12.6. The van der Waals surface area contributed by atoms with Gasteiger partial charge in [-0.1, -0.05) is 6.07 Å². The summed E-state index contributed by atoms with van der Waals surface area (Å²) in [5.41, 5.74) is 3.09. The van der Waals surface area contributed by atoms with E-state index in [1.807, 2.05) is 4.90 Å². The molecule has 2 aromatic heterocycles. The van der Waals surface area contributed by atoms with Gasteiger partial charge in [0.15, 0.2) is 0 Å². The van der Waals surface area contributed by atoms with Gasteiger partial charge in [-0.05, 0) is 75.0 Å². The van der Waals surface area contributed by atoms with Crippen molar-refractivity contribution in [3.8, 4) is 6.01 Å². The van der Waals surface area contributed by atoms with Gasteiger partial charge in [-0.2, -0.15) is 0 Å². The summed E-state index contributed by atoms with van der Waals surface area (Å²) in [5.74, 6) is 0.157. The van der Waals surface area contributed by atoms with Gasteiger partial charge >= 0.3 is 12.0 Å². The Morgan fingerprint density at radius 2 is 2.11 bits per heavy atom. The summed E-state index contributed by atoms with van der Waals surface area (Å²) in [6.45, 7) is 3.70. The van der Waals surface area contributed by atoms with Crippen LogP contribution in [0.2, 0.25) is 0 Å². The second kappa shape index (κ2) is 11.5. The highest BCUT2D eigenvalue weighted by Crippen LogP contribution is 2.31. The van der Waals surface area contributed by atoms with Crippen LogP contribution in [0.25, 0.3) is 0 Å². The van der Waals surface area contributed by atoms with Crippen LogP contribution in [0.15, 0.2) is 24.5 Å². The lowest BCUT2D eigenvalue weighted by Crippen LogP contribution is -2.33. The van der Waals surface area contributed by atoms with Crippen molar-refractivity contribution in [3.05, 3.63) is 41.3 Å². The van der Waals surface area contributed by atoms with E-state index in [4.69, 9.17) is 9.72 Å². The number of hydrogen-bond donors (Lipinski definition) is 2. The third-order valence-corrected chi connectivity index (χ3v) is 7.17. The molecule has 0 unspecified atom stereocenters. The Morgan fingerprint density at radius 1 is 1.31 bits per heavy atom. The van der Waals surface area contributed by atoms with E-state index in [9.17, 15) is 14.7 Å². The first kappa shape index (κ1) is 24.9. The number of anilines is 1. The number of carbonyl (C=O) groups is 2. The highest BCUT2D eigenvalue weighted by molar-refractivity contribution is 5.81. The zero-order valence-electron chi connectivity index (χ0n) is 20.6. The van der Waals surface area contributed by atoms with Crippen LogP contribution in [0.1, 0.15) is 68.2 Å². The van der Waals surface area contributed by atoms with Crippen LogP contribution in [-0.2, 0) is 22.4 Å². The van der Waals surface area contributed by atoms with E-state index in [-0.39, 0.29) is 36.2 Å². The molecular weight excluding hydrogens is 446 g/mol. The largest absolute Gasteiger partial charge is 0.481 e. The van der Waals surface area contributed by atoms with Crippen LogP contribution < -0.4 is 10.1 Å². The molecule has 9 heteroatoms. The van der Waals surface area contributed by atoms with Gasteiger partial charge in [-0.3, -0.25) is 9.59 Å². The molecule has 2 N–H and O–H groups in total. The average molecular weight is 482 g/mol. The second-order valence-corrected chi connectivity index (χ2v) is 9.63. The quantitative estimate of drug-likeness (QED) is 0.501. The number of rotatable bonds is 11. The normalized spacial score (nSPS) is 20.3. The number of aryl methyl sites for hydroxylation is 2. The molecule has 2 aliphatic heterocycles. The van der Waals surface area contributed by atoms with Gasteiger partial charge < -0.3 is 20.1 Å². The maximum atomic E-state index is 13.1. The summed E-state index contributed by atoms with van der Waals surface area (Å²) in [6, 6.07) is 4.70. The zero-order chi connectivity index (χ0) is 24.8. The van der Waals surface area contributed by atoms with Gasteiger partial charge in [0, 0.05) is 43.1 Å². The summed E-state index contributed by atoms with van der Waals surface area (Å²) < 4.78 is 5.00. The number of ether oxygens (including phenoxy) is 1. The number of aliphatic carboxylic acids is 1. The summed E-state index contributed by atoms with van der Waals surface area (Å²) >= 11 is 0. The number of fused-ring (bicyclic) bond motifs is 1. The van der Waals surface area contributed by atoms with E-state index in [0.29, 0.717) is 13.0 Å². The standard InChI is InChI=1S/C26H35N5O4/c1-17-13-20(8-10-22-9-7-18-5-3-11-27-24(18)30-22)25(34)31(17)12-4-6-19(14-23(32)33)21-15-28-26(35-2)29-16-21/h7,9,15-17,19-20H,3-6,8,10-14H2,1-2H3,(H,27,30)(H,32,33)/t17-,19-,20-/m0/s1. The van der Waals surface area contributed by atoms with Crippen molar-refractivity contribution in [3.63, 3.8) is 0 Å². The SMILES string of the molecule is COc1ncc([C@@H](CCCN2C(=O)[C@@H](CCc3ccc4c(n3)NCCC4)C[C@@H]2C)CC(=O)O)cn1. The van der Waals surface area contributed by atoms with Crippen LogP contribution in [0.5, 0.6) is 6.01 Å². The summed E-state index contributed by atoms with van der Waals surface area (Å²) in [5, 5.41) is 12.7. The maximum Gasteiger partial charge on any atom is 0.316 e. The lowest BCUT2D eigenvalue weighted by Gasteiger charge is -2.23. The second-order valence-electron chi connectivity index (χ2n) is 9.63. The summed E-state index contributed by atoms with van der Waals surface area (Å²) in [7, 11) is 1.49. The summed E-state index contributed by atoms with van der Waals surface area (Å²) in [6.07, 6.45) is 9.30. The Kier molecular flexibility index (Phi) is 8.15. The number of hydrogen-bond acceptors (Lipinski definition) is 7. The Bertz CT molecular complexity index is 1030. The number of carboxylic acid groups (broad SMARTS) is 1. The van der Waals surface area contributed by atoms with Crippen LogP contribution in [-0.4, -0.2) is 63.1 Å². The highest BCUT2D eigenvalue weighted by atomic mass is 16.5. The molecular formula is C26H35N5O4. The highest BCUT2D eigenvalue weighted by Gasteiger charge is 2.36. The van der Waals surface area contributed by atoms with Gasteiger partial charge in [0.25, 0.3) is 0 Å². The maximum absolute atomic E-state index is 13.1. The minimum atomic E-state index is -0.859. The molecule has 0 bridgehead atoms. The molecule has 1 fully saturated rings. The van der Waals surface area contributed by atoms with Gasteiger partial charge in [0.2, 0.25) is 5.91 Å². The molecule has 2 aliphatic rings. The van der Waals surface area contributed by atoms with Crippen molar-refractivity contribution >= 4 is 17.7 Å².